The lowest BCUT2D eigenvalue weighted by molar-refractivity contribution is -0.124. The third-order valence-corrected chi connectivity index (χ3v) is 3.89. The van der Waals surface area contributed by atoms with Crippen LogP contribution in [0.1, 0.15) is 38.4 Å². The zero-order valence-corrected chi connectivity index (χ0v) is 14.2. The molecular weight excluding hydrogens is 290 g/mol. The quantitative estimate of drug-likeness (QED) is 0.686. The lowest BCUT2D eigenvalue weighted by atomic mass is 10.2. The van der Waals surface area contributed by atoms with Crippen LogP contribution in [-0.2, 0) is 22.5 Å². The molecule has 1 amide bonds. The van der Waals surface area contributed by atoms with E-state index >= 15 is 0 Å². The summed E-state index contributed by atoms with van der Waals surface area (Å²) >= 11 is 0. The van der Waals surface area contributed by atoms with Crippen LogP contribution in [0.5, 0.6) is 0 Å². The Kier molecular flexibility index (Phi) is 7.07. The van der Waals surface area contributed by atoms with Crippen LogP contribution in [0.15, 0.2) is 24.3 Å². The van der Waals surface area contributed by atoms with E-state index in [0.717, 1.165) is 30.7 Å². The topological polar surface area (TPSA) is 56.2 Å². The molecule has 0 bridgehead atoms. The average Bonchev–Trinajstić information content (AvgIpc) is 2.90. The van der Waals surface area contributed by atoms with Gasteiger partial charge in [-0.25, -0.2) is 4.98 Å². The minimum Gasteiger partial charge on any atom is -0.375 e. The summed E-state index contributed by atoms with van der Waals surface area (Å²) in [5.41, 5.74) is 2.27. The summed E-state index contributed by atoms with van der Waals surface area (Å²) < 4.78 is 7.14. The molecule has 2 aromatic rings. The Balaban J connectivity index is 1.98. The van der Waals surface area contributed by atoms with Crippen molar-refractivity contribution in [2.45, 2.75) is 45.6 Å². The van der Waals surface area contributed by atoms with Gasteiger partial charge in [0.2, 0.25) is 5.91 Å². The number of unbranched alkanes of at least 4 members (excludes halogenated alkanes) is 2. The summed E-state index contributed by atoms with van der Waals surface area (Å²) in [5, 5.41) is 2.86. The van der Waals surface area contributed by atoms with Gasteiger partial charge in [0, 0.05) is 26.6 Å². The van der Waals surface area contributed by atoms with Crippen molar-refractivity contribution in [3.63, 3.8) is 0 Å². The van der Waals surface area contributed by atoms with Crippen molar-refractivity contribution < 1.29 is 9.53 Å². The molecule has 0 radical (unpaired) electrons. The van der Waals surface area contributed by atoms with Crippen LogP contribution in [0.25, 0.3) is 11.0 Å². The standard InChI is InChI=1S/C18H27N3O2/c1-3-4-7-13-21-16-10-6-5-9-15(16)20-17(21)11-8-12-19-18(22)14-23-2/h5-6,9-10H,3-4,7-8,11-14H2,1-2H3,(H,19,22). The summed E-state index contributed by atoms with van der Waals surface area (Å²) in [5.74, 6) is 1.05. The van der Waals surface area contributed by atoms with Crippen molar-refractivity contribution in [2.75, 3.05) is 20.3 Å². The fraction of sp³-hybridized carbons (Fsp3) is 0.556. The fourth-order valence-corrected chi connectivity index (χ4v) is 2.74. The number of imidazole rings is 1. The van der Waals surface area contributed by atoms with Gasteiger partial charge in [-0.3, -0.25) is 4.79 Å². The number of methoxy groups -OCH3 is 1. The fourth-order valence-electron chi connectivity index (χ4n) is 2.74. The summed E-state index contributed by atoms with van der Waals surface area (Å²) in [4.78, 5) is 16.1. The maximum absolute atomic E-state index is 11.4. The highest BCUT2D eigenvalue weighted by atomic mass is 16.5. The van der Waals surface area contributed by atoms with Crippen molar-refractivity contribution in [2.24, 2.45) is 0 Å². The van der Waals surface area contributed by atoms with Gasteiger partial charge in [-0.1, -0.05) is 31.9 Å². The third-order valence-electron chi connectivity index (χ3n) is 3.89. The maximum Gasteiger partial charge on any atom is 0.245 e. The SMILES string of the molecule is CCCCCn1c(CCCNC(=O)COC)nc2ccccc21. The Hall–Kier alpha value is -1.88. The molecule has 0 atom stereocenters. The molecule has 0 unspecified atom stereocenters. The van der Waals surface area contributed by atoms with Crippen LogP contribution >= 0.6 is 0 Å². The van der Waals surface area contributed by atoms with Crippen LogP contribution in [-0.4, -0.2) is 35.7 Å². The summed E-state index contributed by atoms with van der Waals surface area (Å²) in [6.07, 6.45) is 5.38. The van der Waals surface area contributed by atoms with E-state index in [1.807, 2.05) is 6.07 Å². The van der Waals surface area contributed by atoms with E-state index in [0.29, 0.717) is 6.54 Å². The molecule has 5 nitrogen and oxygen atoms in total. The van der Waals surface area contributed by atoms with E-state index in [2.05, 4.69) is 35.0 Å². The second-order valence-corrected chi connectivity index (χ2v) is 5.76. The van der Waals surface area contributed by atoms with E-state index in [4.69, 9.17) is 9.72 Å². The molecule has 0 fully saturated rings. The first-order valence-corrected chi connectivity index (χ1v) is 8.46. The Bertz CT molecular complexity index is 622. The number of carbonyl (C=O) groups excluding carboxylic acids is 1. The molecule has 126 valence electrons. The van der Waals surface area contributed by atoms with Crippen LogP contribution in [0.2, 0.25) is 0 Å². The highest BCUT2D eigenvalue weighted by Crippen LogP contribution is 2.18. The molecule has 1 aromatic carbocycles. The van der Waals surface area contributed by atoms with Crippen molar-refractivity contribution in [3.05, 3.63) is 30.1 Å². The molecule has 0 saturated heterocycles. The molecule has 5 heteroatoms. The number of carbonyl (C=O) groups is 1. The van der Waals surface area contributed by atoms with Crippen LogP contribution < -0.4 is 5.32 Å². The van der Waals surface area contributed by atoms with Gasteiger partial charge in [0.1, 0.15) is 12.4 Å². The smallest absolute Gasteiger partial charge is 0.245 e. The van der Waals surface area contributed by atoms with Crippen LogP contribution in [0.3, 0.4) is 0 Å². The number of benzene rings is 1. The number of ether oxygens (including phenoxy) is 1. The molecule has 0 saturated carbocycles. The number of amides is 1. The second kappa shape index (κ2) is 9.30. The summed E-state index contributed by atoms with van der Waals surface area (Å²) in [7, 11) is 1.53. The van der Waals surface area contributed by atoms with Crippen LogP contribution in [0, 0.1) is 0 Å². The highest BCUT2D eigenvalue weighted by Gasteiger charge is 2.10. The molecule has 1 heterocycles. The zero-order chi connectivity index (χ0) is 16.5. The Labute approximate surface area is 138 Å². The molecule has 23 heavy (non-hydrogen) atoms. The lowest BCUT2D eigenvalue weighted by Gasteiger charge is -2.09. The number of fused-ring (bicyclic) bond motifs is 1. The average molecular weight is 317 g/mol. The van der Waals surface area contributed by atoms with Crippen molar-refractivity contribution in [1.82, 2.24) is 14.9 Å². The predicted molar refractivity (Wildman–Crippen MR) is 92.5 cm³/mol. The monoisotopic (exact) mass is 317 g/mol. The van der Waals surface area contributed by atoms with E-state index in [1.54, 1.807) is 0 Å². The van der Waals surface area contributed by atoms with Gasteiger partial charge in [0.25, 0.3) is 0 Å². The van der Waals surface area contributed by atoms with E-state index < -0.39 is 0 Å². The van der Waals surface area contributed by atoms with Gasteiger partial charge < -0.3 is 14.6 Å². The van der Waals surface area contributed by atoms with E-state index in [9.17, 15) is 4.79 Å². The number of nitrogens with one attached hydrogen (secondary N) is 1. The van der Waals surface area contributed by atoms with Crippen molar-refractivity contribution in [3.8, 4) is 0 Å². The molecular formula is C18H27N3O2. The molecule has 0 aliphatic carbocycles. The first-order valence-electron chi connectivity index (χ1n) is 8.46. The first-order chi connectivity index (χ1) is 11.3. The van der Waals surface area contributed by atoms with Crippen molar-refractivity contribution >= 4 is 16.9 Å². The van der Waals surface area contributed by atoms with E-state index in [1.165, 1.54) is 31.9 Å². The molecule has 0 spiro atoms. The maximum atomic E-state index is 11.4. The molecule has 2 rings (SSSR count). The lowest BCUT2D eigenvalue weighted by Crippen LogP contribution is -2.28. The number of aryl methyl sites for hydroxylation is 2. The molecule has 1 N–H and O–H groups in total. The molecule has 0 aliphatic heterocycles. The number of aromatic nitrogens is 2. The van der Waals surface area contributed by atoms with Gasteiger partial charge in [-0.2, -0.15) is 0 Å². The number of nitrogens with zero attached hydrogens (tertiary/aromatic N) is 2. The van der Waals surface area contributed by atoms with Crippen molar-refractivity contribution in [1.29, 1.82) is 0 Å². The molecule has 0 aliphatic rings. The van der Waals surface area contributed by atoms with Gasteiger partial charge in [-0.15, -0.1) is 0 Å². The number of para-hydroxylation sites is 2. The van der Waals surface area contributed by atoms with E-state index in [-0.39, 0.29) is 12.5 Å². The van der Waals surface area contributed by atoms with Gasteiger partial charge in [0.05, 0.1) is 11.0 Å². The summed E-state index contributed by atoms with van der Waals surface area (Å²) in [6.45, 7) is 4.01. The first kappa shape index (κ1) is 17.5. The Morgan fingerprint density at radius 2 is 2.09 bits per heavy atom. The Morgan fingerprint density at radius 1 is 1.26 bits per heavy atom. The van der Waals surface area contributed by atoms with Gasteiger partial charge >= 0.3 is 0 Å². The number of hydrogen-bond donors (Lipinski definition) is 1. The highest BCUT2D eigenvalue weighted by molar-refractivity contribution is 5.77. The normalized spacial score (nSPS) is 11.0. The minimum absolute atomic E-state index is 0.0658. The van der Waals surface area contributed by atoms with Gasteiger partial charge in [0.15, 0.2) is 0 Å². The number of rotatable bonds is 10. The second-order valence-electron chi connectivity index (χ2n) is 5.76. The van der Waals surface area contributed by atoms with Gasteiger partial charge in [-0.05, 0) is 25.0 Å². The largest absolute Gasteiger partial charge is 0.375 e. The molecule has 1 aromatic heterocycles. The predicted octanol–water partition coefficient (Wildman–Crippen LogP) is 2.92. The van der Waals surface area contributed by atoms with Crippen LogP contribution in [0.4, 0.5) is 0 Å². The zero-order valence-electron chi connectivity index (χ0n) is 14.2. The minimum atomic E-state index is -0.0658. The Morgan fingerprint density at radius 3 is 2.87 bits per heavy atom. The summed E-state index contributed by atoms with van der Waals surface area (Å²) in [6, 6.07) is 8.29. The number of hydrogen-bond acceptors (Lipinski definition) is 3. The third kappa shape index (κ3) is 5.06.